The van der Waals surface area contributed by atoms with Crippen molar-refractivity contribution in [1.29, 1.82) is 0 Å². The maximum atomic E-state index is 11.0. The third-order valence-electron chi connectivity index (χ3n) is 2.09. The molecule has 0 aromatic carbocycles. The highest BCUT2D eigenvalue weighted by molar-refractivity contribution is 5.87. The quantitative estimate of drug-likeness (QED) is 0.680. The SMILES string of the molecule is C=CC(=O)NC1(c2ncon2)CC1. The topological polar surface area (TPSA) is 68.0 Å². The smallest absolute Gasteiger partial charge is 0.244 e. The average Bonchev–Trinajstić information content (AvgIpc) is 2.70. The van der Waals surface area contributed by atoms with Gasteiger partial charge >= 0.3 is 0 Å². The summed E-state index contributed by atoms with van der Waals surface area (Å²) in [5.74, 6) is 0.338. The molecule has 0 aliphatic heterocycles. The van der Waals surface area contributed by atoms with Crippen LogP contribution in [0.2, 0.25) is 0 Å². The number of hydrogen-bond donors (Lipinski definition) is 1. The standard InChI is InChI=1S/C8H9N3O2/c1-2-6(12)10-8(3-4-8)7-9-5-13-11-7/h2,5H,1,3-4H2,(H,10,12). The van der Waals surface area contributed by atoms with Crippen molar-refractivity contribution in [3.63, 3.8) is 0 Å². The highest BCUT2D eigenvalue weighted by Gasteiger charge is 2.49. The summed E-state index contributed by atoms with van der Waals surface area (Å²) in [6.45, 7) is 3.38. The van der Waals surface area contributed by atoms with E-state index >= 15 is 0 Å². The zero-order chi connectivity index (χ0) is 9.31. The molecule has 1 saturated carbocycles. The lowest BCUT2D eigenvalue weighted by molar-refractivity contribution is -0.117. The molecule has 1 aromatic rings. The van der Waals surface area contributed by atoms with Gasteiger partial charge in [0.1, 0.15) is 5.54 Å². The zero-order valence-electron chi connectivity index (χ0n) is 6.99. The molecule has 0 atom stereocenters. The monoisotopic (exact) mass is 179 g/mol. The van der Waals surface area contributed by atoms with E-state index in [9.17, 15) is 4.79 Å². The van der Waals surface area contributed by atoms with Crippen LogP contribution in [-0.2, 0) is 10.3 Å². The Morgan fingerprint density at radius 1 is 1.77 bits per heavy atom. The number of hydrogen-bond acceptors (Lipinski definition) is 4. The van der Waals surface area contributed by atoms with E-state index in [1.807, 2.05) is 0 Å². The van der Waals surface area contributed by atoms with E-state index in [0.717, 1.165) is 12.8 Å². The normalized spacial score (nSPS) is 17.8. The van der Waals surface area contributed by atoms with E-state index in [2.05, 4.69) is 26.6 Å². The van der Waals surface area contributed by atoms with Gasteiger partial charge in [-0.25, -0.2) is 0 Å². The van der Waals surface area contributed by atoms with Gasteiger partial charge in [-0.15, -0.1) is 0 Å². The van der Waals surface area contributed by atoms with Crippen LogP contribution >= 0.6 is 0 Å². The van der Waals surface area contributed by atoms with Crippen LogP contribution < -0.4 is 5.32 Å². The summed E-state index contributed by atoms with van der Waals surface area (Å²) >= 11 is 0. The number of rotatable bonds is 3. The first-order valence-corrected chi connectivity index (χ1v) is 3.98. The number of carbonyl (C=O) groups excluding carboxylic acids is 1. The van der Waals surface area contributed by atoms with Crippen molar-refractivity contribution >= 4 is 5.91 Å². The fraction of sp³-hybridized carbons (Fsp3) is 0.375. The largest absolute Gasteiger partial charge is 0.343 e. The molecular weight excluding hydrogens is 170 g/mol. The second-order valence-corrected chi connectivity index (χ2v) is 3.03. The lowest BCUT2D eigenvalue weighted by atomic mass is 10.2. The molecular formula is C8H9N3O2. The predicted octanol–water partition coefficient (Wildman–Crippen LogP) is 0.361. The molecule has 0 bridgehead atoms. The Balaban J connectivity index is 2.14. The second-order valence-electron chi connectivity index (χ2n) is 3.03. The Morgan fingerprint density at radius 2 is 2.54 bits per heavy atom. The Bertz CT molecular complexity index is 327. The molecule has 2 rings (SSSR count). The number of aromatic nitrogens is 2. The van der Waals surface area contributed by atoms with E-state index in [1.165, 1.54) is 12.5 Å². The molecule has 1 fully saturated rings. The summed E-state index contributed by atoms with van der Waals surface area (Å²) in [5, 5.41) is 6.48. The molecule has 5 heteroatoms. The molecule has 1 amide bonds. The molecule has 13 heavy (non-hydrogen) atoms. The minimum Gasteiger partial charge on any atom is -0.343 e. The molecule has 1 heterocycles. The summed E-state index contributed by atoms with van der Waals surface area (Å²) in [5.41, 5.74) is -0.391. The maximum absolute atomic E-state index is 11.0. The molecule has 1 aliphatic carbocycles. The molecule has 1 aromatic heterocycles. The van der Waals surface area contributed by atoms with Gasteiger partial charge in [0.15, 0.2) is 5.82 Å². The van der Waals surface area contributed by atoms with Crippen molar-refractivity contribution in [1.82, 2.24) is 15.5 Å². The first-order chi connectivity index (χ1) is 6.27. The molecule has 68 valence electrons. The van der Waals surface area contributed by atoms with Crippen LogP contribution in [0.5, 0.6) is 0 Å². The van der Waals surface area contributed by atoms with Crippen LogP contribution in [0.3, 0.4) is 0 Å². The van der Waals surface area contributed by atoms with Gasteiger partial charge in [-0.05, 0) is 18.9 Å². The zero-order valence-corrected chi connectivity index (χ0v) is 6.99. The van der Waals surface area contributed by atoms with Crippen LogP contribution in [0.1, 0.15) is 18.7 Å². The van der Waals surface area contributed by atoms with Gasteiger partial charge in [-0.3, -0.25) is 4.79 Å². The maximum Gasteiger partial charge on any atom is 0.244 e. The second kappa shape index (κ2) is 2.69. The fourth-order valence-corrected chi connectivity index (χ4v) is 1.20. The Hall–Kier alpha value is -1.65. The van der Waals surface area contributed by atoms with Gasteiger partial charge in [-0.2, -0.15) is 4.98 Å². The van der Waals surface area contributed by atoms with Crippen molar-refractivity contribution in [3.05, 3.63) is 24.9 Å². The third-order valence-corrected chi connectivity index (χ3v) is 2.09. The molecule has 0 saturated heterocycles. The van der Waals surface area contributed by atoms with Gasteiger partial charge in [0.05, 0.1) is 0 Å². The Labute approximate surface area is 74.8 Å². The minimum absolute atomic E-state index is 0.206. The van der Waals surface area contributed by atoms with Crippen molar-refractivity contribution in [3.8, 4) is 0 Å². The minimum atomic E-state index is -0.391. The summed E-state index contributed by atoms with van der Waals surface area (Å²) in [6, 6.07) is 0. The van der Waals surface area contributed by atoms with E-state index in [1.54, 1.807) is 0 Å². The van der Waals surface area contributed by atoms with Crippen LogP contribution in [0.15, 0.2) is 23.6 Å². The molecule has 0 spiro atoms. The predicted molar refractivity (Wildman–Crippen MR) is 43.5 cm³/mol. The fourth-order valence-electron chi connectivity index (χ4n) is 1.20. The average molecular weight is 179 g/mol. The summed E-state index contributed by atoms with van der Waals surface area (Å²) < 4.78 is 4.62. The Morgan fingerprint density at radius 3 is 3.00 bits per heavy atom. The van der Waals surface area contributed by atoms with Crippen LogP contribution in [-0.4, -0.2) is 16.0 Å². The van der Waals surface area contributed by atoms with Gasteiger partial charge in [0, 0.05) is 0 Å². The number of nitrogens with one attached hydrogen (secondary N) is 1. The molecule has 0 radical (unpaired) electrons. The highest BCUT2D eigenvalue weighted by atomic mass is 16.5. The van der Waals surface area contributed by atoms with E-state index < -0.39 is 5.54 Å². The lowest BCUT2D eigenvalue weighted by Crippen LogP contribution is -2.34. The Kier molecular flexibility index (Phi) is 1.65. The molecule has 0 unspecified atom stereocenters. The van der Waals surface area contributed by atoms with Crippen molar-refractivity contribution < 1.29 is 9.32 Å². The van der Waals surface area contributed by atoms with E-state index in [-0.39, 0.29) is 5.91 Å². The lowest BCUT2D eigenvalue weighted by Gasteiger charge is -2.10. The first kappa shape index (κ1) is 7.97. The van der Waals surface area contributed by atoms with Crippen LogP contribution in [0.4, 0.5) is 0 Å². The molecule has 5 nitrogen and oxygen atoms in total. The summed E-state index contributed by atoms with van der Waals surface area (Å²) in [4.78, 5) is 15.0. The molecule has 1 aliphatic rings. The van der Waals surface area contributed by atoms with E-state index in [4.69, 9.17) is 0 Å². The number of nitrogens with zero attached hydrogens (tertiary/aromatic N) is 2. The van der Waals surface area contributed by atoms with Crippen LogP contribution in [0, 0.1) is 0 Å². The van der Waals surface area contributed by atoms with Crippen molar-refractivity contribution in [2.45, 2.75) is 18.4 Å². The van der Waals surface area contributed by atoms with E-state index in [0.29, 0.717) is 5.82 Å². The third kappa shape index (κ3) is 1.32. The number of carbonyl (C=O) groups is 1. The van der Waals surface area contributed by atoms with Gasteiger partial charge in [-0.1, -0.05) is 11.7 Å². The van der Waals surface area contributed by atoms with Gasteiger partial charge < -0.3 is 9.84 Å². The summed E-state index contributed by atoms with van der Waals surface area (Å²) in [6.07, 6.45) is 4.20. The first-order valence-electron chi connectivity index (χ1n) is 3.98. The summed E-state index contributed by atoms with van der Waals surface area (Å²) in [7, 11) is 0. The van der Waals surface area contributed by atoms with Crippen LogP contribution in [0.25, 0.3) is 0 Å². The highest BCUT2D eigenvalue weighted by Crippen LogP contribution is 2.43. The van der Waals surface area contributed by atoms with Gasteiger partial charge in [0.25, 0.3) is 0 Å². The van der Waals surface area contributed by atoms with Crippen molar-refractivity contribution in [2.24, 2.45) is 0 Å². The number of amides is 1. The molecule has 1 N–H and O–H groups in total. The van der Waals surface area contributed by atoms with Gasteiger partial charge in [0.2, 0.25) is 12.3 Å². The van der Waals surface area contributed by atoms with Crippen molar-refractivity contribution in [2.75, 3.05) is 0 Å².